The second-order valence-corrected chi connectivity index (χ2v) is 17.1. The quantitative estimate of drug-likeness (QED) is 0.0214. The van der Waals surface area contributed by atoms with Gasteiger partial charge in [0.05, 0.1) is 29.2 Å². The summed E-state index contributed by atoms with van der Waals surface area (Å²) in [5.74, 6) is -1.54. The Morgan fingerprint density at radius 1 is 0.474 bits per heavy atom. The topological polar surface area (TPSA) is 110 Å². The molecule has 1 rings (SSSR count). The Labute approximate surface area is 372 Å². The zero-order valence-electron chi connectivity index (χ0n) is 36.8. The molecule has 7 nitrogen and oxygen atoms in total. The van der Waals surface area contributed by atoms with Crippen molar-refractivity contribution in [2.24, 2.45) is 0 Å². The number of esters is 2. The van der Waals surface area contributed by atoms with Crippen LogP contribution in [-0.2, 0) is 19.6 Å². The molecule has 0 radical (unpaired) electrons. The third kappa shape index (κ3) is 33.0. The molecule has 0 N–H and O–H groups in total. The molecular weight excluding hydrogens is 744 g/mol. The molecule has 1 aromatic rings. The number of hydrogen-bond donors (Lipinski definition) is 0. The Morgan fingerprint density at radius 2 is 0.772 bits per heavy atom. The van der Waals surface area contributed by atoms with Gasteiger partial charge in [0, 0.05) is 0 Å². The van der Waals surface area contributed by atoms with Gasteiger partial charge in [-0.2, -0.15) is 0 Å². The minimum Gasteiger partial charge on any atom is -0.744 e. The van der Waals surface area contributed by atoms with Crippen molar-refractivity contribution in [3.8, 4) is 0 Å². The molecule has 0 aromatic heterocycles. The first-order valence-electron chi connectivity index (χ1n) is 23.0. The summed E-state index contributed by atoms with van der Waals surface area (Å²) in [6.45, 7) is 4.80. The number of rotatable bonds is 39. The molecule has 0 saturated heterocycles. The third-order valence-corrected chi connectivity index (χ3v) is 11.3. The van der Waals surface area contributed by atoms with Gasteiger partial charge in [0.25, 0.3) is 0 Å². The summed E-state index contributed by atoms with van der Waals surface area (Å²) < 4.78 is 45.8. The van der Waals surface area contributed by atoms with Gasteiger partial charge in [0.1, 0.15) is 10.1 Å². The van der Waals surface area contributed by atoms with Crippen molar-refractivity contribution in [3.63, 3.8) is 0 Å². The van der Waals surface area contributed by atoms with E-state index in [2.05, 4.69) is 38.2 Å². The summed E-state index contributed by atoms with van der Waals surface area (Å²) in [4.78, 5) is 25.3. The van der Waals surface area contributed by atoms with Crippen LogP contribution < -0.4 is 29.6 Å². The largest absolute Gasteiger partial charge is 1.00 e. The van der Waals surface area contributed by atoms with Crippen LogP contribution >= 0.6 is 0 Å². The molecule has 9 heteroatoms. The Kier molecular flexibility index (Phi) is 39.0. The summed E-state index contributed by atoms with van der Waals surface area (Å²) >= 11 is 0. The van der Waals surface area contributed by atoms with E-state index in [1.165, 1.54) is 167 Å². The zero-order chi connectivity index (χ0) is 40.8. The SMILES string of the molecule is CCC/C=C/CCCCCCCCCCCCCCCOC(=O)c1ccc(S(=O)(=O)[O-])cc1C(=O)OCCCCCCCCCCCCCCC/C=C/CCC.[Na+]. The summed E-state index contributed by atoms with van der Waals surface area (Å²) in [7, 11) is -4.82. The van der Waals surface area contributed by atoms with E-state index in [4.69, 9.17) is 9.47 Å². The van der Waals surface area contributed by atoms with E-state index >= 15 is 0 Å². The molecule has 0 atom stereocenters. The van der Waals surface area contributed by atoms with Crippen LogP contribution in [0.1, 0.15) is 240 Å². The van der Waals surface area contributed by atoms with Gasteiger partial charge in [-0.1, -0.05) is 192 Å². The number of carbonyl (C=O) groups excluding carboxylic acids is 2. The van der Waals surface area contributed by atoms with Crippen molar-refractivity contribution >= 4 is 22.1 Å². The molecule has 57 heavy (non-hydrogen) atoms. The summed E-state index contributed by atoms with van der Waals surface area (Å²) in [5, 5.41) is 0. The Hall–Kier alpha value is -1.45. The van der Waals surface area contributed by atoms with Crippen LogP contribution in [0.3, 0.4) is 0 Å². The minimum atomic E-state index is -4.82. The zero-order valence-corrected chi connectivity index (χ0v) is 39.7. The Bertz CT molecular complexity index is 1280. The molecule has 0 heterocycles. The molecule has 1 aromatic carbocycles. The van der Waals surface area contributed by atoms with Crippen LogP contribution in [0.25, 0.3) is 0 Å². The standard InChI is InChI=1S/C48H82O7S.Na/c1-3-5-7-9-11-13-15-17-19-21-23-25-27-29-31-33-35-37-41-54-47(49)45-40-39-44(56(51,52)53)43-46(45)48(50)55-42-38-36-34-32-30-28-26-24-22-20-18-16-14-12-10-8-6-4-2;/h7-10,39-40,43H,3-6,11-38,41-42H2,1-2H3,(H,51,52,53);/q;+1/p-1/b9-7+,10-8+;. The van der Waals surface area contributed by atoms with Gasteiger partial charge in [-0.25, -0.2) is 18.0 Å². The van der Waals surface area contributed by atoms with Gasteiger partial charge in [-0.3, -0.25) is 0 Å². The van der Waals surface area contributed by atoms with E-state index in [1.807, 2.05) is 0 Å². The van der Waals surface area contributed by atoms with Crippen molar-refractivity contribution in [1.82, 2.24) is 0 Å². The average Bonchev–Trinajstić information content (AvgIpc) is 3.18. The van der Waals surface area contributed by atoms with Crippen LogP contribution in [-0.4, -0.2) is 38.1 Å². The first kappa shape index (κ1) is 55.5. The molecule has 0 amide bonds. The fourth-order valence-electron chi connectivity index (χ4n) is 6.93. The fourth-order valence-corrected chi connectivity index (χ4v) is 7.43. The second-order valence-electron chi connectivity index (χ2n) is 15.7. The van der Waals surface area contributed by atoms with E-state index in [1.54, 1.807) is 0 Å². The van der Waals surface area contributed by atoms with Crippen LogP contribution in [0.4, 0.5) is 0 Å². The van der Waals surface area contributed by atoms with Crippen LogP contribution in [0.2, 0.25) is 0 Å². The maximum absolute atomic E-state index is 13.0. The van der Waals surface area contributed by atoms with Gasteiger partial charge < -0.3 is 14.0 Å². The normalized spacial score (nSPS) is 11.7. The van der Waals surface area contributed by atoms with Gasteiger partial charge in [-0.15, -0.1) is 0 Å². The Morgan fingerprint density at radius 3 is 1.11 bits per heavy atom. The molecule has 0 unspecified atom stereocenters. The maximum atomic E-state index is 13.0. The Balaban J connectivity index is 0.0000314. The van der Waals surface area contributed by atoms with Crippen molar-refractivity contribution < 1.29 is 61.6 Å². The van der Waals surface area contributed by atoms with E-state index < -0.39 is 27.0 Å². The fraction of sp³-hybridized carbons (Fsp3) is 0.750. The van der Waals surface area contributed by atoms with E-state index in [-0.39, 0.29) is 53.9 Å². The van der Waals surface area contributed by atoms with Gasteiger partial charge in [-0.05, 0) is 69.6 Å². The van der Waals surface area contributed by atoms with E-state index in [9.17, 15) is 22.6 Å². The molecule has 0 aliphatic heterocycles. The van der Waals surface area contributed by atoms with E-state index in [0.29, 0.717) is 12.8 Å². The second kappa shape index (κ2) is 40.0. The number of ether oxygens (including phenoxy) is 2. The van der Waals surface area contributed by atoms with Crippen molar-refractivity contribution in [3.05, 3.63) is 53.6 Å². The molecule has 0 spiro atoms. The maximum Gasteiger partial charge on any atom is 1.00 e. The van der Waals surface area contributed by atoms with Crippen LogP contribution in [0, 0.1) is 0 Å². The monoisotopic (exact) mass is 825 g/mol. The predicted molar refractivity (Wildman–Crippen MR) is 232 cm³/mol. The van der Waals surface area contributed by atoms with Gasteiger partial charge in [0.2, 0.25) is 0 Å². The first-order chi connectivity index (χ1) is 27.3. The van der Waals surface area contributed by atoms with Gasteiger partial charge >= 0.3 is 41.5 Å². The molecule has 322 valence electrons. The van der Waals surface area contributed by atoms with Crippen molar-refractivity contribution in [2.75, 3.05) is 13.2 Å². The molecule has 0 saturated carbocycles. The van der Waals surface area contributed by atoms with Gasteiger partial charge in [0.15, 0.2) is 0 Å². The van der Waals surface area contributed by atoms with E-state index in [0.717, 1.165) is 44.2 Å². The molecule has 0 fully saturated rings. The molecule has 0 aliphatic carbocycles. The number of hydrogen-bond acceptors (Lipinski definition) is 7. The first-order valence-corrected chi connectivity index (χ1v) is 24.5. The molecule has 0 bridgehead atoms. The number of benzene rings is 1. The smallest absolute Gasteiger partial charge is 0.744 e. The molecule has 0 aliphatic rings. The van der Waals surface area contributed by atoms with Crippen LogP contribution in [0.5, 0.6) is 0 Å². The minimum absolute atomic E-state index is 0. The molecular formula is C48H81NaO7S. The predicted octanol–water partition coefficient (Wildman–Crippen LogP) is 11.5. The van der Waals surface area contributed by atoms with Crippen LogP contribution in [0.15, 0.2) is 47.4 Å². The summed E-state index contributed by atoms with van der Waals surface area (Å²) in [6, 6.07) is 3.15. The number of allylic oxidation sites excluding steroid dienone is 4. The summed E-state index contributed by atoms with van der Waals surface area (Å²) in [5.41, 5.74) is -0.334. The number of carbonyl (C=O) groups is 2. The average molecular weight is 825 g/mol. The van der Waals surface area contributed by atoms with Crippen molar-refractivity contribution in [1.29, 1.82) is 0 Å². The van der Waals surface area contributed by atoms with Crippen molar-refractivity contribution in [2.45, 2.75) is 224 Å². The third-order valence-electron chi connectivity index (χ3n) is 10.5. The number of unbranched alkanes of at least 4 members (excludes halogenated alkanes) is 28. The summed E-state index contributed by atoms with van der Waals surface area (Å²) in [6.07, 6.45) is 47.9.